The number of hydrogen-bond acceptors (Lipinski definition) is 3. The van der Waals surface area contributed by atoms with Gasteiger partial charge >= 0.3 is 0 Å². The lowest BCUT2D eigenvalue weighted by Crippen LogP contribution is -2.31. The monoisotopic (exact) mass is 354 g/mol. The number of anilines is 1. The summed E-state index contributed by atoms with van der Waals surface area (Å²) >= 11 is 0. The lowest BCUT2D eigenvalue weighted by molar-refractivity contribution is -0.122. The number of ether oxygens (including phenoxy) is 1. The van der Waals surface area contributed by atoms with E-state index in [2.05, 4.69) is 43.5 Å². The van der Waals surface area contributed by atoms with Crippen molar-refractivity contribution in [3.8, 4) is 11.5 Å². The zero-order valence-electron chi connectivity index (χ0n) is 15.8. The number of hydrogen-bond donors (Lipinski definition) is 2. The van der Waals surface area contributed by atoms with E-state index >= 15 is 0 Å². The van der Waals surface area contributed by atoms with Crippen molar-refractivity contribution >= 4 is 17.5 Å². The molecule has 0 bridgehead atoms. The molecule has 26 heavy (non-hydrogen) atoms. The van der Waals surface area contributed by atoms with Gasteiger partial charge in [0.25, 0.3) is 0 Å². The van der Waals surface area contributed by atoms with E-state index in [0.717, 1.165) is 12.2 Å². The van der Waals surface area contributed by atoms with Gasteiger partial charge in [0.1, 0.15) is 11.5 Å². The molecule has 0 saturated carbocycles. The molecule has 2 aromatic carbocycles. The van der Waals surface area contributed by atoms with Crippen molar-refractivity contribution in [2.24, 2.45) is 0 Å². The molecule has 0 unspecified atom stereocenters. The molecule has 5 heteroatoms. The average molecular weight is 354 g/mol. The van der Waals surface area contributed by atoms with Gasteiger partial charge in [-0.25, -0.2) is 0 Å². The summed E-state index contributed by atoms with van der Waals surface area (Å²) in [5, 5.41) is 5.16. The molecular formula is C21H26N2O3. The van der Waals surface area contributed by atoms with Crippen LogP contribution in [0.4, 0.5) is 5.69 Å². The number of benzene rings is 2. The minimum Gasteiger partial charge on any atom is -0.457 e. The van der Waals surface area contributed by atoms with E-state index in [4.69, 9.17) is 4.74 Å². The van der Waals surface area contributed by atoms with Gasteiger partial charge in [-0.05, 0) is 53.8 Å². The molecule has 0 fully saturated rings. The maximum absolute atomic E-state index is 11.7. The van der Waals surface area contributed by atoms with Crippen molar-refractivity contribution in [3.63, 3.8) is 0 Å². The molecular weight excluding hydrogens is 328 g/mol. The van der Waals surface area contributed by atoms with Gasteiger partial charge in [-0.1, -0.05) is 32.9 Å². The summed E-state index contributed by atoms with van der Waals surface area (Å²) < 4.78 is 5.85. The van der Waals surface area contributed by atoms with Crippen LogP contribution in [0.2, 0.25) is 0 Å². The highest BCUT2D eigenvalue weighted by Gasteiger charge is 2.17. The molecule has 0 aliphatic carbocycles. The summed E-state index contributed by atoms with van der Waals surface area (Å²) in [6, 6.07) is 15.2. The topological polar surface area (TPSA) is 67.4 Å². The highest BCUT2D eigenvalue weighted by Crippen LogP contribution is 2.29. The lowest BCUT2D eigenvalue weighted by Gasteiger charge is -2.23. The Hall–Kier alpha value is -2.82. The Labute approximate surface area is 154 Å². The van der Waals surface area contributed by atoms with E-state index in [-0.39, 0.29) is 23.8 Å². The number of rotatable bonds is 7. The molecule has 2 rings (SSSR count). The second kappa shape index (κ2) is 8.52. The molecule has 2 N–H and O–H groups in total. The highest BCUT2D eigenvalue weighted by atomic mass is 16.5. The van der Waals surface area contributed by atoms with Crippen LogP contribution in [-0.2, 0) is 15.0 Å². The van der Waals surface area contributed by atoms with E-state index in [1.165, 1.54) is 12.5 Å². The molecule has 0 spiro atoms. The van der Waals surface area contributed by atoms with Crippen LogP contribution >= 0.6 is 0 Å². The Morgan fingerprint density at radius 2 is 1.50 bits per heavy atom. The average Bonchev–Trinajstić information content (AvgIpc) is 2.62. The number of carbonyl (C=O) groups excluding carboxylic acids is 2. The van der Waals surface area contributed by atoms with E-state index in [1.807, 2.05) is 12.1 Å². The van der Waals surface area contributed by atoms with Gasteiger partial charge in [-0.3, -0.25) is 9.59 Å². The maximum atomic E-state index is 11.7. The molecule has 0 aromatic heterocycles. The van der Waals surface area contributed by atoms with Crippen LogP contribution in [-0.4, -0.2) is 18.4 Å². The number of nitrogens with one attached hydrogen (secondary N) is 2. The quantitative estimate of drug-likeness (QED) is 0.781. The van der Waals surface area contributed by atoms with Crippen LogP contribution in [0.15, 0.2) is 48.5 Å². The Morgan fingerprint density at radius 3 is 2.00 bits per heavy atom. The van der Waals surface area contributed by atoms with Gasteiger partial charge in [-0.15, -0.1) is 0 Å². The molecule has 138 valence electrons. The van der Waals surface area contributed by atoms with Gasteiger partial charge in [-0.2, -0.15) is 0 Å². The second-order valence-corrected chi connectivity index (χ2v) is 6.85. The zero-order chi connectivity index (χ0) is 19.2. The predicted molar refractivity (Wildman–Crippen MR) is 104 cm³/mol. The van der Waals surface area contributed by atoms with Gasteiger partial charge in [0, 0.05) is 12.6 Å². The van der Waals surface area contributed by atoms with Crippen LogP contribution in [0, 0.1) is 0 Å². The molecule has 0 atom stereocenters. The van der Waals surface area contributed by atoms with E-state index < -0.39 is 0 Å². The lowest BCUT2D eigenvalue weighted by atomic mass is 9.82. The SMILES string of the molecule is CCC(C)(C)c1ccc(Oc2ccc(NC(=O)CNC(C)=O)cc2)cc1. The highest BCUT2D eigenvalue weighted by molar-refractivity contribution is 5.94. The molecule has 0 aliphatic rings. The molecule has 2 amide bonds. The van der Waals surface area contributed by atoms with Crippen molar-refractivity contribution < 1.29 is 14.3 Å². The third-order valence-electron chi connectivity index (χ3n) is 4.39. The molecule has 0 radical (unpaired) electrons. The summed E-state index contributed by atoms with van der Waals surface area (Å²) in [5.74, 6) is 0.940. The van der Waals surface area contributed by atoms with Gasteiger partial charge in [0.05, 0.1) is 6.54 Å². The molecule has 0 heterocycles. The molecule has 2 aromatic rings. The van der Waals surface area contributed by atoms with E-state index in [0.29, 0.717) is 11.4 Å². The smallest absolute Gasteiger partial charge is 0.243 e. The minimum absolute atomic E-state index is 0.0476. The second-order valence-electron chi connectivity index (χ2n) is 6.85. The third-order valence-corrected chi connectivity index (χ3v) is 4.39. The summed E-state index contributed by atoms with van der Waals surface area (Å²) in [6.07, 6.45) is 1.07. The number of amides is 2. The first-order valence-electron chi connectivity index (χ1n) is 8.73. The molecule has 5 nitrogen and oxygen atoms in total. The summed E-state index contributed by atoms with van der Waals surface area (Å²) in [6.45, 7) is 7.95. The van der Waals surface area contributed by atoms with Crippen LogP contribution in [0.3, 0.4) is 0 Å². The van der Waals surface area contributed by atoms with Crippen LogP contribution in [0.25, 0.3) is 0 Å². The first-order chi connectivity index (χ1) is 12.3. The fourth-order valence-corrected chi connectivity index (χ4v) is 2.33. The Bertz CT molecular complexity index is 750. The van der Waals surface area contributed by atoms with Crippen molar-refractivity contribution in [1.29, 1.82) is 0 Å². The minimum atomic E-state index is -0.275. The summed E-state index contributed by atoms with van der Waals surface area (Å²) in [5.41, 5.74) is 2.08. The van der Waals surface area contributed by atoms with Gasteiger partial charge in [0.2, 0.25) is 11.8 Å². The maximum Gasteiger partial charge on any atom is 0.243 e. The fourth-order valence-electron chi connectivity index (χ4n) is 2.33. The summed E-state index contributed by atoms with van der Waals surface area (Å²) in [4.78, 5) is 22.5. The van der Waals surface area contributed by atoms with E-state index in [1.54, 1.807) is 24.3 Å². The van der Waals surface area contributed by atoms with Crippen molar-refractivity contribution in [2.45, 2.75) is 39.5 Å². The van der Waals surface area contributed by atoms with Crippen molar-refractivity contribution in [2.75, 3.05) is 11.9 Å². The Morgan fingerprint density at radius 1 is 0.962 bits per heavy atom. The summed E-state index contributed by atoms with van der Waals surface area (Å²) in [7, 11) is 0. The predicted octanol–water partition coefficient (Wildman–Crippen LogP) is 4.24. The van der Waals surface area contributed by atoms with Gasteiger partial charge in [0.15, 0.2) is 0 Å². The largest absolute Gasteiger partial charge is 0.457 e. The zero-order valence-corrected chi connectivity index (χ0v) is 15.8. The third kappa shape index (κ3) is 5.62. The molecule has 0 aliphatic heterocycles. The van der Waals surface area contributed by atoms with Crippen LogP contribution < -0.4 is 15.4 Å². The van der Waals surface area contributed by atoms with Crippen LogP contribution in [0.1, 0.15) is 39.7 Å². The number of carbonyl (C=O) groups is 2. The normalized spacial score (nSPS) is 10.9. The first kappa shape index (κ1) is 19.5. The van der Waals surface area contributed by atoms with Crippen LogP contribution in [0.5, 0.6) is 11.5 Å². The van der Waals surface area contributed by atoms with Crippen molar-refractivity contribution in [1.82, 2.24) is 5.32 Å². The first-order valence-corrected chi connectivity index (χ1v) is 8.73. The standard InChI is InChI=1S/C21H26N2O3/c1-5-21(3,4)16-6-10-18(11-7-16)26-19-12-8-17(9-13-19)23-20(25)14-22-15(2)24/h6-13H,5,14H2,1-4H3,(H,22,24)(H,23,25). The Kier molecular flexibility index (Phi) is 6.39. The van der Waals surface area contributed by atoms with E-state index in [9.17, 15) is 9.59 Å². The van der Waals surface area contributed by atoms with Gasteiger partial charge < -0.3 is 15.4 Å². The van der Waals surface area contributed by atoms with Crippen molar-refractivity contribution in [3.05, 3.63) is 54.1 Å². The Balaban J connectivity index is 1.94. The molecule has 0 saturated heterocycles. The fraction of sp³-hybridized carbons (Fsp3) is 0.333.